The highest BCUT2D eigenvalue weighted by Crippen LogP contribution is 2.50. The van der Waals surface area contributed by atoms with Gasteiger partial charge in [0.05, 0.1) is 6.26 Å². The molecule has 4 rings (SSSR count). The highest BCUT2D eigenvalue weighted by atomic mass is 32.2. The fraction of sp³-hybridized carbons (Fsp3) is 0.538. The van der Waals surface area contributed by atoms with Crippen LogP contribution in [0.1, 0.15) is 42.9 Å². The van der Waals surface area contributed by atoms with Crippen molar-refractivity contribution in [3.63, 3.8) is 0 Å². The summed E-state index contributed by atoms with van der Waals surface area (Å²) in [6, 6.07) is 3.33. The summed E-state index contributed by atoms with van der Waals surface area (Å²) in [7, 11) is -3.31. The van der Waals surface area contributed by atoms with Crippen LogP contribution in [0.4, 0.5) is 35.1 Å². The van der Waals surface area contributed by atoms with Crippen molar-refractivity contribution in [3.8, 4) is 11.1 Å². The summed E-state index contributed by atoms with van der Waals surface area (Å²) in [4.78, 5) is 1.89. The molecule has 1 N–H and O–H groups in total. The predicted molar refractivity (Wildman–Crippen MR) is 131 cm³/mol. The highest BCUT2D eigenvalue weighted by molar-refractivity contribution is 7.88. The molecule has 2 saturated heterocycles. The average Bonchev–Trinajstić information content (AvgIpc) is 3.22. The summed E-state index contributed by atoms with van der Waals surface area (Å²) in [5.74, 6) is -2.26. The Bertz CT molecular complexity index is 1370. The lowest BCUT2D eigenvalue weighted by Crippen LogP contribution is -2.59. The van der Waals surface area contributed by atoms with Crippen LogP contribution < -0.4 is 0 Å². The number of likely N-dealkylation sites (tertiary alicyclic amines) is 1. The van der Waals surface area contributed by atoms with E-state index in [-0.39, 0.29) is 34.2 Å². The number of rotatable bonds is 6. The lowest BCUT2D eigenvalue weighted by Gasteiger charge is -2.46. The normalized spacial score (nSPS) is 19.0. The van der Waals surface area contributed by atoms with Crippen molar-refractivity contribution >= 4 is 10.0 Å². The molecule has 0 amide bonds. The maximum Gasteiger partial charge on any atom is 0.430 e. The van der Waals surface area contributed by atoms with Gasteiger partial charge in [-0.3, -0.25) is 4.90 Å². The van der Waals surface area contributed by atoms with Gasteiger partial charge in [-0.05, 0) is 30.5 Å². The Hall–Kier alpha value is -2.29. The Morgan fingerprint density at radius 3 is 2.00 bits per heavy atom. The molecule has 2 heterocycles. The fourth-order valence-corrected chi connectivity index (χ4v) is 6.63. The topological polar surface area (TPSA) is 60.9 Å². The van der Waals surface area contributed by atoms with Crippen molar-refractivity contribution in [1.29, 1.82) is 0 Å². The number of benzene rings is 2. The summed E-state index contributed by atoms with van der Waals surface area (Å²) in [5.41, 5.74) is -7.42. The molecule has 0 saturated carbocycles. The van der Waals surface area contributed by atoms with E-state index >= 15 is 8.78 Å². The molecule has 2 aromatic rings. The Kier molecular flexibility index (Phi) is 7.60. The first-order valence-corrected chi connectivity index (χ1v) is 14.2. The first kappa shape index (κ1) is 30.7. The van der Waals surface area contributed by atoms with Crippen LogP contribution >= 0.6 is 0 Å². The van der Waals surface area contributed by atoms with E-state index in [1.807, 2.05) is 4.90 Å². The van der Waals surface area contributed by atoms with Crippen molar-refractivity contribution in [3.05, 3.63) is 58.7 Å². The van der Waals surface area contributed by atoms with Gasteiger partial charge in [-0.2, -0.15) is 26.3 Å². The predicted octanol–water partition coefficient (Wildman–Crippen LogP) is 5.53. The monoisotopic (exact) mass is 600 g/mol. The first-order chi connectivity index (χ1) is 18.2. The van der Waals surface area contributed by atoms with Gasteiger partial charge in [-0.15, -0.1) is 0 Å². The van der Waals surface area contributed by atoms with Crippen molar-refractivity contribution in [1.82, 2.24) is 9.21 Å². The van der Waals surface area contributed by atoms with E-state index in [9.17, 15) is 39.9 Å². The smallest absolute Gasteiger partial charge is 0.369 e. The molecule has 5 nitrogen and oxygen atoms in total. The van der Waals surface area contributed by atoms with Gasteiger partial charge in [0.1, 0.15) is 11.6 Å². The molecule has 2 aliphatic rings. The second-order valence-corrected chi connectivity index (χ2v) is 13.0. The van der Waals surface area contributed by atoms with E-state index in [0.29, 0.717) is 44.7 Å². The molecule has 222 valence electrons. The lowest BCUT2D eigenvalue weighted by atomic mass is 9.81. The van der Waals surface area contributed by atoms with Gasteiger partial charge >= 0.3 is 12.4 Å². The molecule has 0 aliphatic carbocycles. The van der Waals surface area contributed by atoms with Crippen LogP contribution in [0.2, 0.25) is 0 Å². The quantitative estimate of drug-likeness (QED) is 0.443. The van der Waals surface area contributed by atoms with Crippen LogP contribution in [0.25, 0.3) is 11.1 Å². The molecular weight excluding hydrogens is 572 g/mol. The largest absolute Gasteiger partial charge is 0.430 e. The number of sulfonamides is 1. The standard InChI is InChI=1S/C26H28F8N2O3S/c1-15(2)20-21(16-4-6-18(7-5-16)24(37,25(29,30)31)26(32,33)34)19(27)10-17(22(20)28)11-35-9-8-23(12-35)13-36(14-23)40(3,38)39/h4-7,10,15,37H,8-9,11-14H2,1-3H3. The minimum atomic E-state index is -6.08. The van der Waals surface area contributed by atoms with E-state index in [1.165, 1.54) is 4.31 Å². The maximum absolute atomic E-state index is 15.8. The molecule has 40 heavy (non-hydrogen) atoms. The molecule has 2 aromatic carbocycles. The third kappa shape index (κ3) is 5.23. The molecule has 1 spiro atoms. The zero-order chi connectivity index (χ0) is 30.1. The molecular formula is C26H28F8N2O3S. The third-order valence-corrected chi connectivity index (χ3v) is 8.92. The van der Waals surface area contributed by atoms with Gasteiger partial charge in [0.25, 0.3) is 5.60 Å². The second-order valence-electron chi connectivity index (χ2n) is 11.0. The lowest BCUT2D eigenvalue weighted by molar-refractivity contribution is -0.376. The summed E-state index contributed by atoms with van der Waals surface area (Å²) in [6.07, 6.45) is -10.3. The van der Waals surface area contributed by atoms with Crippen LogP contribution in [0.5, 0.6) is 0 Å². The molecule has 0 unspecified atom stereocenters. The molecule has 2 fully saturated rings. The summed E-state index contributed by atoms with van der Waals surface area (Å²) < 4.78 is 135. The van der Waals surface area contributed by atoms with Crippen LogP contribution in [0, 0.1) is 17.0 Å². The van der Waals surface area contributed by atoms with Gasteiger partial charge in [-0.25, -0.2) is 21.5 Å². The van der Waals surface area contributed by atoms with E-state index in [4.69, 9.17) is 0 Å². The molecule has 0 radical (unpaired) electrons. The first-order valence-electron chi connectivity index (χ1n) is 12.4. The van der Waals surface area contributed by atoms with Crippen molar-refractivity contribution in [2.24, 2.45) is 5.41 Å². The Labute approximate surface area is 226 Å². The van der Waals surface area contributed by atoms with Crippen molar-refractivity contribution in [2.45, 2.75) is 50.7 Å². The highest BCUT2D eigenvalue weighted by Gasteiger charge is 2.71. The molecule has 0 atom stereocenters. The number of alkyl halides is 6. The number of hydrogen-bond donors (Lipinski definition) is 1. The van der Waals surface area contributed by atoms with Crippen LogP contribution in [-0.4, -0.2) is 67.5 Å². The van der Waals surface area contributed by atoms with Gasteiger partial charge in [0, 0.05) is 53.8 Å². The summed E-state index contributed by atoms with van der Waals surface area (Å²) >= 11 is 0. The van der Waals surface area contributed by atoms with E-state index in [0.717, 1.165) is 24.5 Å². The molecule has 0 bridgehead atoms. The zero-order valence-corrected chi connectivity index (χ0v) is 22.6. The van der Waals surface area contributed by atoms with Gasteiger partial charge in [0.15, 0.2) is 0 Å². The van der Waals surface area contributed by atoms with Crippen molar-refractivity contribution < 1.29 is 48.6 Å². The van der Waals surface area contributed by atoms with Gasteiger partial charge in [-0.1, -0.05) is 38.1 Å². The second kappa shape index (κ2) is 9.92. The third-order valence-electron chi connectivity index (χ3n) is 7.72. The maximum atomic E-state index is 15.8. The van der Waals surface area contributed by atoms with E-state index in [1.54, 1.807) is 13.8 Å². The molecule has 14 heteroatoms. The summed E-state index contributed by atoms with van der Waals surface area (Å²) in [5, 5.41) is 9.62. The van der Waals surface area contributed by atoms with Gasteiger partial charge in [0.2, 0.25) is 10.0 Å². The number of halogens is 8. The Morgan fingerprint density at radius 2 is 1.52 bits per heavy atom. The number of hydrogen-bond acceptors (Lipinski definition) is 4. The van der Waals surface area contributed by atoms with Crippen LogP contribution in [-0.2, 0) is 22.2 Å². The molecule has 0 aromatic heterocycles. The molecule has 2 aliphatic heterocycles. The Balaban J connectivity index is 1.64. The number of nitrogens with zero attached hydrogens (tertiary/aromatic N) is 2. The average molecular weight is 601 g/mol. The van der Waals surface area contributed by atoms with E-state index in [2.05, 4.69) is 0 Å². The summed E-state index contributed by atoms with van der Waals surface area (Å²) in [6.45, 7) is 4.91. The minimum Gasteiger partial charge on any atom is -0.369 e. The van der Waals surface area contributed by atoms with Crippen LogP contribution in [0.3, 0.4) is 0 Å². The Morgan fingerprint density at radius 1 is 0.975 bits per heavy atom. The van der Waals surface area contributed by atoms with E-state index < -0.39 is 51.1 Å². The van der Waals surface area contributed by atoms with Crippen molar-refractivity contribution in [2.75, 3.05) is 32.4 Å². The fourth-order valence-electron chi connectivity index (χ4n) is 5.61. The van der Waals surface area contributed by atoms with Crippen LogP contribution in [0.15, 0.2) is 30.3 Å². The SMILES string of the molecule is CC(C)c1c(F)c(CN2CCC3(C2)CN(S(C)(=O)=O)C3)cc(F)c1-c1ccc(C(O)(C(F)(F)F)C(F)(F)F)cc1. The van der Waals surface area contributed by atoms with Gasteiger partial charge < -0.3 is 5.11 Å². The minimum absolute atomic E-state index is 0.0291. The number of aliphatic hydroxyl groups is 1. The zero-order valence-electron chi connectivity index (χ0n) is 21.8.